The van der Waals surface area contributed by atoms with Crippen molar-refractivity contribution in [1.29, 1.82) is 0 Å². The molecule has 0 amide bonds. The second kappa shape index (κ2) is 11.1. The van der Waals surface area contributed by atoms with Crippen LogP contribution in [0.4, 0.5) is 0 Å². The van der Waals surface area contributed by atoms with E-state index in [2.05, 4.69) is 0 Å². The maximum absolute atomic E-state index is 14.1. The highest BCUT2D eigenvalue weighted by Gasteiger charge is 2.76. The molecule has 0 aromatic heterocycles. The second-order valence-electron chi connectivity index (χ2n) is 15.5. The normalized spacial score (nSPS) is 50.6. The Balaban J connectivity index is 1.25. The number of carbonyl (C=O) groups excluding carboxylic acids is 2. The van der Waals surface area contributed by atoms with Gasteiger partial charge in [-0.05, 0) is 78.1 Å². The quantitative estimate of drug-likeness (QED) is 0.161. The Hall–Kier alpha value is -1.74. The van der Waals surface area contributed by atoms with Crippen molar-refractivity contribution < 1.29 is 59.5 Å². The molecule has 0 radical (unpaired) electrons. The van der Waals surface area contributed by atoms with Crippen molar-refractivity contribution in [2.75, 3.05) is 6.61 Å². The minimum Gasteiger partial charge on any atom is -0.455 e. The van der Waals surface area contributed by atoms with E-state index in [-0.39, 0.29) is 43.3 Å². The molecule has 6 rings (SSSR count). The van der Waals surface area contributed by atoms with Crippen LogP contribution in [0.5, 0.6) is 0 Å². The molecule has 3 saturated carbocycles. The van der Waals surface area contributed by atoms with Crippen LogP contribution in [0.3, 0.4) is 0 Å². The third kappa shape index (κ3) is 4.44. The Morgan fingerprint density at radius 2 is 1.67 bits per heavy atom. The highest BCUT2D eigenvalue weighted by Crippen LogP contribution is 2.70. The predicted octanol–water partition coefficient (Wildman–Crippen LogP) is 0.562. The van der Waals surface area contributed by atoms with Gasteiger partial charge in [0.05, 0.1) is 23.7 Å². The van der Waals surface area contributed by atoms with Gasteiger partial charge < -0.3 is 50.0 Å². The second-order valence-corrected chi connectivity index (χ2v) is 15.5. The molecule has 7 N–H and O–H groups in total. The van der Waals surface area contributed by atoms with Gasteiger partial charge in [-0.2, -0.15) is 0 Å². The molecule has 2 aliphatic heterocycles. The van der Waals surface area contributed by atoms with E-state index in [1.54, 1.807) is 6.92 Å². The fraction of sp³-hybridized carbons (Fsp3) is 0.824. The largest absolute Gasteiger partial charge is 0.455 e. The van der Waals surface area contributed by atoms with Gasteiger partial charge in [-0.25, -0.2) is 4.79 Å². The number of aliphatic hydroxyl groups is 7. The van der Waals surface area contributed by atoms with Gasteiger partial charge in [0.25, 0.3) is 0 Å². The Kier molecular flexibility index (Phi) is 8.27. The summed E-state index contributed by atoms with van der Waals surface area (Å²) in [5, 5.41) is 77.5. The van der Waals surface area contributed by atoms with Gasteiger partial charge in [0, 0.05) is 23.8 Å². The van der Waals surface area contributed by atoms with Gasteiger partial charge in [-0.3, -0.25) is 4.79 Å². The van der Waals surface area contributed by atoms with Gasteiger partial charge in [-0.1, -0.05) is 24.1 Å². The van der Waals surface area contributed by atoms with E-state index in [9.17, 15) is 45.3 Å². The van der Waals surface area contributed by atoms with Crippen molar-refractivity contribution in [2.24, 2.45) is 22.7 Å². The zero-order valence-electron chi connectivity index (χ0n) is 27.3. The van der Waals surface area contributed by atoms with Gasteiger partial charge in [0.15, 0.2) is 6.29 Å². The molecule has 1 saturated heterocycles. The van der Waals surface area contributed by atoms with Gasteiger partial charge in [-0.15, -0.1) is 0 Å². The molecule has 46 heavy (non-hydrogen) atoms. The van der Waals surface area contributed by atoms with E-state index < -0.39 is 83.1 Å². The molecular weight excluding hydrogens is 600 g/mol. The van der Waals surface area contributed by atoms with Crippen molar-refractivity contribution in [3.63, 3.8) is 0 Å². The third-order valence-electron chi connectivity index (χ3n) is 13.6. The van der Waals surface area contributed by atoms with Gasteiger partial charge >= 0.3 is 5.97 Å². The lowest BCUT2D eigenvalue weighted by atomic mass is 9.44. The molecule has 4 fully saturated rings. The highest BCUT2D eigenvalue weighted by molar-refractivity contribution is 5.90. The molecule has 2 heterocycles. The summed E-state index contributed by atoms with van der Waals surface area (Å²) in [6.07, 6.45) is -4.59. The first kappa shape index (κ1) is 34.1. The molecule has 12 nitrogen and oxygen atoms in total. The number of allylic oxidation sites excluding steroid dienone is 1. The Morgan fingerprint density at radius 3 is 2.33 bits per heavy atom. The number of carbonyl (C=O) groups is 2. The summed E-state index contributed by atoms with van der Waals surface area (Å²) in [4.78, 5) is 26.6. The summed E-state index contributed by atoms with van der Waals surface area (Å²) in [5.41, 5.74) is -4.97. The van der Waals surface area contributed by atoms with Crippen molar-refractivity contribution in [3.8, 4) is 0 Å². The fourth-order valence-electron chi connectivity index (χ4n) is 10.2. The average molecular weight is 651 g/mol. The number of hydrogen-bond donors (Lipinski definition) is 7. The van der Waals surface area contributed by atoms with Crippen molar-refractivity contribution in [1.82, 2.24) is 0 Å². The van der Waals surface area contributed by atoms with Crippen LogP contribution < -0.4 is 0 Å². The van der Waals surface area contributed by atoms with Gasteiger partial charge in [0.1, 0.15) is 47.5 Å². The maximum Gasteiger partial charge on any atom is 0.334 e. The average Bonchev–Trinajstić information content (AvgIpc) is 3.23. The summed E-state index contributed by atoms with van der Waals surface area (Å²) >= 11 is 0. The smallest absolute Gasteiger partial charge is 0.334 e. The number of esters is 1. The Bertz CT molecular complexity index is 1340. The Labute approximate surface area is 269 Å². The first-order valence-electron chi connectivity index (χ1n) is 16.6. The molecule has 0 unspecified atom stereocenters. The standard InChI is InChI=1S/C34H50O12/c1-16-12-24(46-28(40)17(16)2)32(5,41)34(43)11-10-33(42)21-7-6-18-13-19(44-29-27(39)26(38)25(37)22(15-35)45-29)14-23(36)31(18,4)20(21)8-9-30(33,34)3/h6,19-22,24-27,29,35,37-39,41-43H,7-15H2,1-5H3/t19-,20+,21-,22-,24-,25-,26+,27-,29-,30+,31+,32+,33-,34+/m1/s1. The van der Waals surface area contributed by atoms with Gasteiger partial charge in [0.2, 0.25) is 0 Å². The molecule has 0 bridgehead atoms. The molecule has 14 atom stereocenters. The summed E-state index contributed by atoms with van der Waals surface area (Å²) in [6, 6.07) is 0. The van der Waals surface area contributed by atoms with E-state index >= 15 is 0 Å². The van der Waals surface area contributed by atoms with E-state index in [1.807, 2.05) is 26.8 Å². The minimum absolute atomic E-state index is 0.000240. The molecule has 6 aliphatic rings. The summed E-state index contributed by atoms with van der Waals surface area (Å²) in [6.45, 7) is 8.13. The Morgan fingerprint density at radius 1 is 0.978 bits per heavy atom. The summed E-state index contributed by atoms with van der Waals surface area (Å²) < 4.78 is 17.2. The number of ether oxygens (including phenoxy) is 3. The molecule has 0 spiro atoms. The molecule has 4 aliphatic carbocycles. The number of Topliss-reactive ketones (excluding diaryl/α,β-unsaturated/α-hetero) is 1. The monoisotopic (exact) mass is 650 g/mol. The van der Waals surface area contributed by atoms with Crippen LogP contribution in [0, 0.1) is 22.7 Å². The van der Waals surface area contributed by atoms with Crippen LogP contribution >= 0.6 is 0 Å². The van der Waals surface area contributed by atoms with Crippen molar-refractivity contribution >= 4 is 11.8 Å². The lowest BCUT2D eigenvalue weighted by Gasteiger charge is -2.63. The van der Waals surface area contributed by atoms with E-state index in [0.717, 1.165) is 11.1 Å². The van der Waals surface area contributed by atoms with E-state index in [0.29, 0.717) is 31.3 Å². The third-order valence-corrected chi connectivity index (χ3v) is 13.6. The first-order chi connectivity index (χ1) is 21.4. The number of rotatable bonds is 5. The fourth-order valence-corrected chi connectivity index (χ4v) is 10.2. The van der Waals surface area contributed by atoms with E-state index in [1.165, 1.54) is 6.92 Å². The highest BCUT2D eigenvalue weighted by atomic mass is 16.7. The minimum atomic E-state index is -1.86. The lowest BCUT2D eigenvalue weighted by Crippen LogP contribution is -2.72. The SMILES string of the molecule is CC1=C(C)C(=O)O[C@@H]([C@](C)(O)[C@]2(O)CC[C@@]3(O)[C@@H]4CC=C5C[C@@H](O[C@@H]6O[C@H](CO)[C@@H](O)[C@H](O)[C@H]6O)CC(=O)[C@]5(C)[C@H]4CC[C@]23C)C1. The number of hydrogen-bond acceptors (Lipinski definition) is 12. The van der Waals surface area contributed by atoms with Crippen LogP contribution in [0.15, 0.2) is 22.8 Å². The molecule has 12 heteroatoms. The lowest BCUT2D eigenvalue weighted by molar-refractivity contribution is -0.312. The van der Waals surface area contributed by atoms with Crippen LogP contribution in [0.2, 0.25) is 0 Å². The van der Waals surface area contributed by atoms with E-state index in [4.69, 9.17) is 14.2 Å². The zero-order chi connectivity index (χ0) is 33.8. The van der Waals surface area contributed by atoms with Crippen molar-refractivity contribution in [2.45, 2.75) is 146 Å². The molecule has 0 aromatic rings. The zero-order valence-corrected chi connectivity index (χ0v) is 27.3. The molecular formula is C34H50O12. The first-order valence-corrected chi connectivity index (χ1v) is 16.6. The van der Waals surface area contributed by atoms with Crippen molar-refractivity contribution in [3.05, 3.63) is 22.8 Å². The molecule has 258 valence electrons. The number of cyclic esters (lactones) is 1. The van der Waals surface area contributed by atoms with Crippen LogP contribution in [-0.2, 0) is 23.8 Å². The van der Waals surface area contributed by atoms with Crippen LogP contribution in [0.25, 0.3) is 0 Å². The van der Waals surface area contributed by atoms with Crippen LogP contribution in [-0.4, -0.2) is 114 Å². The predicted molar refractivity (Wildman–Crippen MR) is 161 cm³/mol. The topological polar surface area (TPSA) is 203 Å². The number of aliphatic hydroxyl groups excluding tert-OH is 4. The number of fused-ring (bicyclic) bond motifs is 5. The van der Waals surface area contributed by atoms with Crippen LogP contribution in [0.1, 0.15) is 86.0 Å². The molecule has 0 aromatic carbocycles. The number of ketones is 1. The summed E-state index contributed by atoms with van der Waals surface area (Å²) in [7, 11) is 0. The maximum atomic E-state index is 14.1. The summed E-state index contributed by atoms with van der Waals surface area (Å²) in [5.74, 6) is -1.23.